The molecule has 0 saturated heterocycles. The van der Waals surface area contributed by atoms with E-state index in [9.17, 15) is 13.2 Å². The Morgan fingerprint density at radius 3 is 2.68 bits per heavy atom. The number of hydrogen-bond acceptors (Lipinski definition) is 5. The number of nitrogens with two attached hydrogens (primary N) is 1. The summed E-state index contributed by atoms with van der Waals surface area (Å²) in [7, 11) is -2.16. The fourth-order valence-corrected chi connectivity index (χ4v) is 3.12. The zero-order valence-electron chi connectivity index (χ0n) is 10.7. The zero-order valence-corrected chi connectivity index (χ0v) is 13.1. The van der Waals surface area contributed by atoms with Crippen LogP contribution in [0.15, 0.2) is 16.3 Å². The summed E-state index contributed by atoms with van der Waals surface area (Å²) in [6, 6.07) is 1.38. The molecule has 0 aromatic carbocycles. The molecule has 0 aliphatic carbocycles. The maximum Gasteiger partial charge on any atom is 0.261 e. The molecule has 4 N–H and O–H groups in total. The Labute approximate surface area is 123 Å². The Morgan fingerprint density at radius 2 is 2.16 bits per heavy atom. The molecular weight excluding hydrogens is 310 g/mol. The number of carbonyl (C=O) groups excluding carboxylic acids is 1. The van der Waals surface area contributed by atoms with E-state index in [1.165, 1.54) is 18.5 Å². The predicted molar refractivity (Wildman–Crippen MR) is 78.4 cm³/mol. The van der Waals surface area contributed by atoms with Crippen LogP contribution in [-0.4, -0.2) is 34.0 Å². The summed E-state index contributed by atoms with van der Waals surface area (Å²) < 4.78 is 25.2. The van der Waals surface area contributed by atoms with Gasteiger partial charge < -0.3 is 11.1 Å². The molecule has 1 aromatic heterocycles. The van der Waals surface area contributed by atoms with E-state index < -0.39 is 10.0 Å². The monoisotopic (exact) mass is 327 g/mol. The van der Waals surface area contributed by atoms with Crippen LogP contribution in [0.5, 0.6) is 0 Å². The molecule has 110 valence electrons. The van der Waals surface area contributed by atoms with E-state index in [1.807, 2.05) is 6.92 Å². The minimum Gasteiger partial charge on any atom is -0.351 e. The second-order valence-electron chi connectivity index (χ2n) is 3.88. The molecule has 0 bridgehead atoms. The predicted octanol–water partition coefficient (Wildman–Crippen LogP) is 0.545. The molecule has 1 heterocycles. The van der Waals surface area contributed by atoms with Gasteiger partial charge in [-0.05, 0) is 26.5 Å². The van der Waals surface area contributed by atoms with Crippen molar-refractivity contribution >= 4 is 39.7 Å². The van der Waals surface area contributed by atoms with Crippen molar-refractivity contribution in [3.05, 3.63) is 16.3 Å². The highest BCUT2D eigenvalue weighted by molar-refractivity contribution is 7.89. The third-order valence-corrected chi connectivity index (χ3v) is 4.74. The summed E-state index contributed by atoms with van der Waals surface area (Å²) in [4.78, 5) is 12.2. The van der Waals surface area contributed by atoms with Gasteiger partial charge in [0.2, 0.25) is 10.0 Å². The third kappa shape index (κ3) is 5.45. The average molecular weight is 328 g/mol. The summed E-state index contributed by atoms with van der Waals surface area (Å²) in [5.74, 6) is -0.279. The molecule has 0 aliphatic heterocycles. The molecule has 0 aliphatic rings. The summed E-state index contributed by atoms with van der Waals surface area (Å²) in [6.45, 7) is 2.33. The highest BCUT2D eigenvalue weighted by Crippen LogP contribution is 2.18. The van der Waals surface area contributed by atoms with Gasteiger partial charge in [0.1, 0.15) is 0 Å². The maximum atomic E-state index is 11.7. The molecule has 0 spiro atoms. The standard InChI is InChI=1S/C10H17N3O3S2.ClH/c1-7(11)3-4-13-10(14)9-5-8(6-17-9)18(15,16)12-2;/h5-7,12H,3-4,11H2,1-2H3,(H,13,14);1H. The fraction of sp³-hybridized carbons (Fsp3) is 0.500. The first-order valence-corrected chi connectivity index (χ1v) is 7.79. The normalized spacial score (nSPS) is 12.6. The lowest BCUT2D eigenvalue weighted by Gasteiger charge is -2.05. The van der Waals surface area contributed by atoms with Crippen molar-refractivity contribution in [3.8, 4) is 0 Å². The highest BCUT2D eigenvalue weighted by Gasteiger charge is 2.16. The van der Waals surface area contributed by atoms with E-state index in [0.29, 0.717) is 17.8 Å². The van der Waals surface area contributed by atoms with Gasteiger partial charge in [-0.15, -0.1) is 23.7 Å². The Hall–Kier alpha value is -0.670. The number of amides is 1. The van der Waals surface area contributed by atoms with Gasteiger partial charge in [-0.2, -0.15) is 0 Å². The Morgan fingerprint density at radius 1 is 1.53 bits per heavy atom. The lowest BCUT2D eigenvalue weighted by Crippen LogP contribution is -2.28. The summed E-state index contributed by atoms with van der Waals surface area (Å²) in [5.41, 5.74) is 5.56. The molecule has 1 unspecified atom stereocenters. The quantitative estimate of drug-likeness (QED) is 0.710. The summed E-state index contributed by atoms with van der Waals surface area (Å²) in [5, 5.41) is 4.13. The minimum atomic E-state index is -3.48. The molecule has 0 fully saturated rings. The van der Waals surface area contributed by atoms with Crippen LogP contribution < -0.4 is 15.8 Å². The van der Waals surface area contributed by atoms with Crippen LogP contribution in [0.1, 0.15) is 23.0 Å². The van der Waals surface area contributed by atoms with Crippen molar-refractivity contribution in [2.75, 3.05) is 13.6 Å². The van der Waals surface area contributed by atoms with E-state index in [0.717, 1.165) is 11.3 Å². The minimum absolute atomic E-state index is 0. The van der Waals surface area contributed by atoms with Gasteiger partial charge >= 0.3 is 0 Å². The second kappa shape index (κ2) is 7.81. The smallest absolute Gasteiger partial charge is 0.261 e. The molecule has 9 heteroatoms. The number of halogens is 1. The van der Waals surface area contributed by atoms with Gasteiger partial charge in [-0.25, -0.2) is 13.1 Å². The number of nitrogens with one attached hydrogen (secondary N) is 2. The Kier molecular flexibility index (Phi) is 7.53. The van der Waals surface area contributed by atoms with E-state index in [4.69, 9.17) is 5.73 Å². The van der Waals surface area contributed by atoms with Crippen molar-refractivity contribution in [2.24, 2.45) is 5.73 Å². The number of rotatable bonds is 6. The molecule has 19 heavy (non-hydrogen) atoms. The van der Waals surface area contributed by atoms with Crippen LogP contribution in [-0.2, 0) is 10.0 Å². The molecule has 0 radical (unpaired) electrons. The van der Waals surface area contributed by atoms with Crippen LogP contribution in [0.2, 0.25) is 0 Å². The van der Waals surface area contributed by atoms with Crippen LogP contribution in [0.4, 0.5) is 0 Å². The highest BCUT2D eigenvalue weighted by atomic mass is 35.5. The molecule has 1 atom stereocenters. The Bertz CT molecular complexity index is 514. The van der Waals surface area contributed by atoms with Crippen LogP contribution >= 0.6 is 23.7 Å². The van der Waals surface area contributed by atoms with Crippen LogP contribution in [0.25, 0.3) is 0 Å². The molecule has 0 saturated carbocycles. The number of thiophene rings is 1. The van der Waals surface area contributed by atoms with Gasteiger partial charge in [-0.1, -0.05) is 0 Å². The van der Waals surface area contributed by atoms with E-state index in [-0.39, 0.29) is 29.3 Å². The summed E-state index contributed by atoms with van der Waals surface area (Å²) in [6.07, 6.45) is 0.679. The van der Waals surface area contributed by atoms with Crippen LogP contribution in [0, 0.1) is 0 Å². The number of hydrogen-bond donors (Lipinski definition) is 3. The second-order valence-corrected chi connectivity index (χ2v) is 6.67. The maximum absolute atomic E-state index is 11.7. The lowest BCUT2D eigenvalue weighted by molar-refractivity contribution is 0.0956. The van der Waals surface area contributed by atoms with Crippen molar-refractivity contribution in [3.63, 3.8) is 0 Å². The van der Waals surface area contributed by atoms with E-state index >= 15 is 0 Å². The van der Waals surface area contributed by atoms with E-state index in [2.05, 4.69) is 10.0 Å². The molecule has 1 rings (SSSR count). The average Bonchev–Trinajstić information content (AvgIpc) is 2.78. The first-order valence-electron chi connectivity index (χ1n) is 5.42. The molecule has 1 aromatic rings. The van der Waals surface area contributed by atoms with Crippen molar-refractivity contribution in [1.29, 1.82) is 0 Å². The first kappa shape index (κ1) is 18.3. The molecule has 1 amide bonds. The van der Waals surface area contributed by atoms with Crippen molar-refractivity contribution in [1.82, 2.24) is 10.0 Å². The molecule has 6 nitrogen and oxygen atoms in total. The van der Waals surface area contributed by atoms with Crippen LogP contribution in [0.3, 0.4) is 0 Å². The van der Waals surface area contributed by atoms with Gasteiger partial charge in [0.25, 0.3) is 5.91 Å². The first-order chi connectivity index (χ1) is 8.36. The summed E-state index contributed by atoms with van der Waals surface area (Å²) >= 11 is 1.10. The largest absolute Gasteiger partial charge is 0.351 e. The van der Waals surface area contributed by atoms with Gasteiger partial charge in [0.05, 0.1) is 9.77 Å². The lowest BCUT2D eigenvalue weighted by atomic mass is 10.2. The zero-order chi connectivity index (χ0) is 13.8. The van der Waals surface area contributed by atoms with Gasteiger partial charge in [0, 0.05) is 18.0 Å². The van der Waals surface area contributed by atoms with Gasteiger partial charge in [-0.3, -0.25) is 4.79 Å². The molecular formula is C10H18ClN3O3S2. The van der Waals surface area contributed by atoms with Gasteiger partial charge in [0.15, 0.2) is 0 Å². The number of sulfonamides is 1. The Balaban J connectivity index is 0.00000324. The topological polar surface area (TPSA) is 101 Å². The SMILES string of the molecule is CNS(=O)(=O)c1csc(C(=O)NCCC(C)N)c1.Cl. The van der Waals surface area contributed by atoms with Crippen molar-refractivity contribution in [2.45, 2.75) is 24.3 Å². The van der Waals surface area contributed by atoms with E-state index in [1.54, 1.807) is 0 Å². The van der Waals surface area contributed by atoms with Crippen molar-refractivity contribution < 1.29 is 13.2 Å². The number of carbonyl (C=O) groups is 1. The third-order valence-electron chi connectivity index (χ3n) is 2.26. The fourth-order valence-electron chi connectivity index (χ4n) is 1.20.